The van der Waals surface area contributed by atoms with Crippen LogP contribution in [0.5, 0.6) is 0 Å². The molecule has 4 heteroatoms. The predicted molar refractivity (Wildman–Crippen MR) is 71.0 cm³/mol. The average Bonchev–Trinajstić information content (AvgIpc) is 2.37. The number of carbonyl (C=O) groups is 1. The molecule has 2 aromatic rings. The van der Waals surface area contributed by atoms with Crippen molar-refractivity contribution < 1.29 is 13.6 Å². The quantitative estimate of drug-likeness (QED) is 0.782. The molecule has 19 heavy (non-hydrogen) atoms. The first-order valence-corrected chi connectivity index (χ1v) is 5.77. The molecule has 0 aliphatic heterocycles. The summed E-state index contributed by atoms with van der Waals surface area (Å²) in [5.41, 5.74) is 1.49. The average molecular weight is 261 g/mol. The standard InChI is InChI=1S/C15H13F2NO/c1-10-4-3-5-12(6-10)18(2)15-13(16)7-11(9-19)8-14(15)17/h3-9H,1-2H3. The van der Waals surface area contributed by atoms with Gasteiger partial charge in [-0.1, -0.05) is 12.1 Å². The minimum atomic E-state index is -0.758. The topological polar surface area (TPSA) is 20.3 Å². The van der Waals surface area contributed by atoms with E-state index in [2.05, 4.69) is 0 Å². The molecule has 0 aliphatic rings. The highest BCUT2D eigenvalue weighted by Gasteiger charge is 2.16. The maximum absolute atomic E-state index is 13.9. The molecule has 0 radical (unpaired) electrons. The van der Waals surface area contributed by atoms with E-state index in [1.165, 1.54) is 4.90 Å². The molecule has 0 aliphatic carbocycles. The largest absolute Gasteiger partial charge is 0.340 e. The molecule has 2 aromatic carbocycles. The highest BCUT2D eigenvalue weighted by Crippen LogP contribution is 2.30. The molecule has 0 fully saturated rings. The summed E-state index contributed by atoms with van der Waals surface area (Å²) in [6, 6.07) is 9.36. The van der Waals surface area contributed by atoms with Gasteiger partial charge in [0.05, 0.1) is 0 Å². The summed E-state index contributed by atoms with van der Waals surface area (Å²) < 4.78 is 27.8. The maximum atomic E-state index is 13.9. The molecule has 2 rings (SSSR count). The lowest BCUT2D eigenvalue weighted by atomic mass is 10.1. The summed E-state index contributed by atoms with van der Waals surface area (Å²) >= 11 is 0. The van der Waals surface area contributed by atoms with Gasteiger partial charge in [-0.25, -0.2) is 8.78 Å². The first-order valence-electron chi connectivity index (χ1n) is 5.77. The van der Waals surface area contributed by atoms with Gasteiger partial charge in [-0.05, 0) is 36.8 Å². The highest BCUT2D eigenvalue weighted by atomic mass is 19.1. The molecule has 0 spiro atoms. The van der Waals surface area contributed by atoms with E-state index in [1.807, 2.05) is 25.1 Å². The molecule has 0 saturated heterocycles. The summed E-state index contributed by atoms with van der Waals surface area (Å²) in [7, 11) is 1.58. The van der Waals surface area contributed by atoms with Crippen LogP contribution in [-0.4, -0.2) is 13.3 Å². The van der Waals surface area contributed by atoms with Gasteiger partial charge in [-0.3, -0.25) is 4.79 Å². The Morgan fingerprint density at radius 2 is 1.74 bits per heavy atom. The number of benzene rings is 2. The number of aldehydes is 1. The van der Waals surface area contributed by atoms with Crippen LogP contribution in [0.4, 0.5) is 20.2 Å². The molecular formula is C15H13F2NO. The SMILES string of the molecule is Cc1cccc(N(C)c2c(F)cc(C=O)cc2F)c1. The minimum absolute atomic E-state index is 0.0172. The number of hydrogen-bond donors (Lipinski definition) is 0. The minimum Gasteiger partial charge on any atom is -0.340 e. The number of hydrogen-bond acceptors (Lipinski definition) is 2. The fourth-order valence-corrected chi connectivity index (χ4v) is 1.94. The zero-order valence-corrected chi connectivity index (χ0v) is 10.7. The summed E-state index contributed by atoms with van der Waals surface area (Å²) in [6.45, 7) is 1.90. The fourth-order valence-electron chi connectivity index (χ4n) is 1.94. The smallest absolute Gasteiger partial charge is 0.150 e. The lowest BCUT2D eigenvalue weighted by molar-refractivity contribution is 0.112. The van der Waals surface area contributed by atoms with E-state index in [-0.39, 0.29) is 11.3 Å². The van der Waals surface area contributed by atoms with Crippen LogP contribution in [0.3, 0.4) is 0 Å². The second-order valence-electron chi connectivity index (χ2n) is 4.35. The van der Waals surface area contributed by atoms with Crippen LogP contribution in [0.2, 0.25) is 0 Å². The number of rotatable bonds is 3. The molecular weight excluding hydrogens is 248 g/mol. The molecule has 0 N–H and O–H groups in total. The Balaban J connectivity index is 2.50. The number of aryl methyl sites for hydroxylation is 1. The van der Waals surface area contributed by atoms with Crippen molar-refractivity contribution in [3.05, 3.63) is 59.2 Å². The number of nitrogens with zero attached hydrogens (tertiary/aromatic N) is 1. The van der Waals surface area contributed by atoms with Gasteiger partial charge in [0.2, 0.25) is 0 Å². The van der Waals surface area contributed by atoms with Crippen LogP contribution < -0.4 is 4.90 Å². The molecule has 2 nitrogen and oxygen atoms in total. The third kappa shape index (κ3) is 2.62. The second-order valence-corrected chi connectivity index (χ2v) is 4.35. The second kappa shape index (κ2) is 5.18. The summed E-state index contributed by atoms with van der Waals surface area (Å²) in [5.74, 6) is -1.52. The zero-order chi connectivity index (χ0) is 14.0. The van der Waals surface area contributed by atoms with Gasteiger partial charge in [-0.2, -0.15) is 0 Å². The van der Waals surface area contributed by atoms with Crippen molar-refractivity contribution in [2.45, 2.75) is 6.92 Å². The molecule has 0 heterocycles. The van der Waals surface area contributed by atoms with Crippen molar-refractivity contribution in [3.8, 4) is 0 Å². The van der Waals surface area contributed by atoms with Crippen LogP contribution >= 0.6 is 0 Å². The Morgan fingerprint density at radius 3 is 2.26 bits per heavy atom. The Labute approximate surface area is 110 Å². The van der Waals surface area contributed by atoms with E-state index in [0.717, 1.165) is 17.7 Å². The van der Waals surface area contributed by atoms with E-state index in [9.17, 15) is 13.6 Å². The van der Waals surface area contributed by atoms with Crippen molar-refractivity contribution in [1.29, 1.82) is 0 Å². The number of halogens is 2. The lowest BCUT2D eigenvalue weighted by Gasteiger charge is -2.21. The van der Waals surface area contributed by atoms with Crippen molar-refractivity contribution in [2.75, 3.05) is 11.9 Å². The molecule has 0 atom stereocenters. The fraction of sp³-hybridized carbons (Fsp3) is 0.133. The van der Waals surface area contributed by atoms with Gasteiger partial charge in [0, 0.05) is 18.3 Å². The molecule has 98 valence electrons. The summed E-state index contributed by atoms with van der Waals surface area (Å²) in [6.07, 6.45) is 0.419. The van der Waals surface area contributed by atoms with E-state index in [1.54, 1.807) is 13.1 Å². The predicted octanol–water partition coefficient (Wildman–Crippen LogP) is 3.85. The molecule has 0 amide bonds. The van der Waals surface area contributed by atoms with Crippen LogP contribution in [0, 0.1) is 18.6 Å². The van der Waals surface area contributed by atoms with Gasteiger partial charge in [0.25, 0.3) is 0 Å². The summed E-state index contributed by atoms with van der Waals surface area (Å²) in [5, 5.41) is 0. The molecule has 0 aromatic heterocycles. The van der Waals surface area contributed by atoms with Gasteiger partial charge in [0.15, 0.2) is 11.6 Å². The van der Waals surface area contributed by atoms with Crippen LogP contribution in [0.25, 0.3) is 0 Å². The third-order valence-electron chi connectivity index (χ3n) is 2.90. The monoisotopic (exact) mass is 261 g/mol. The van der Waals surface area contributed by atoms with Gasteiger partial charge in [0.1, 0.15) is 12.0 Å². The maximum Gasteiger partial charge on any atom is 0.150 e. The Kier molecular flexibility index (Phi) is 3.60. The van der Waals surface area contributed by atoms with E-state index < -0.39 is 11.6 Å². The Hall–Kier alpha value is -2.23. The van der Waals surface area contributed by atoms with Crippen LogP contribution in [0.15, 0.2) is 36.4 Å². The van der Waals surface area contributed by atoms with Crippen molar-refractivity contribution in [3.63, 3.8) is 0 Å². The first kappa shape index (κ1) is 13.2. The van der Waals surface area contributed by atoms with Crippen LogP contribution in [-0.2, 0) is 0 Å². The van der Waals surface area contributed by atoms with E-state index in [4.69, 9.17) is 0 Å². The first-order chi connectivity index (χ1) is 9.02. The normalized spacial score (nSPS) is 10.3. The zero-order valence-electron chi connectivity index (χ0n) is 10.7. The molecule has 0 bridgehead atoms. The number of anilines is 2. The summed E-state index contributed by atoms with van der Waals surface area (Å²) in [4.78, 5) is 12.0. The van der Waals surface area contributed by atoms with E-state index in [0.29, 0.717) is 12.0 Å². The molecule has 0 unspecified atom stereocenters. The van der Waals surface area contributed by atoms with Gasteiger partial charge < -0.3 is 4.90 Å². The van der Waals surface area contributed by atoms with Gasteiger partial charge >= 0.3 is 0 Å². The molecule has 0 saturated carbocycles. The van der Waals surface area contributed by atoms with Crippen LogP contribution in [0.1, 0.15) is 15.9 Å². The Bertz CT molecular complexity index is 602. The highest BCUT2D eigenvalue weighted by molar-refractivity contribution is 5.77. The van der Waals surface area contributed by atoms with Crippen molar-refractivity contribution in [1.82, 2.24) is 0 Å². The van der Waals surface area contributed by atoms with Crippen molar-refractivity contribution in [2.24, 2.45) is 0 Å². The van der Waals surface area contributed by atoms with E-state index >= 15 is 0 Å². The third-order valence-corrected chi connectivity index (χ3v) is 2.90. The number of carbonyl (C=O) groups excluding carboxylic acids is 1. The van der Waals surface area contributed by atoms with Gasteiger partial charge in [-0.15, -0.1) is 0 Å². The Morgan fingerprint density at radius 1 is 1.11 bits per heavy atom. The lowest BCUT2D eigenvalue weighted by Crippen LogP contribution is -2.13. The van der Waals surface area contributed by atoms with Crippen molar-refractivity contribution >= 4 is 17.7 Å².